The maximum atomic E-state index is 13.2. The third kappa shape index (κ3) is 6.24. The number of thiazole rings is 1. The number of amides is 2. The number of carbonyl (C=O) groups is 3. The Morgan fingerprint density at radius 1 is 1.35 bits per heavy atom. The Labute approximate surface area is 253 Å². The summed E-state index contributed by atoms with van der Waals surface area (Å²) >= 11 is 2.47. The molecule has 6 N–H and O–H groups in total. The standard InChI is InChI=1S/C25H29N11O5S2/c1-3-41-33-18(15-12-43-25(27)30-15)21(37)31-19-22(38)36-20(24(39)40)14(11-42-23(19)36)10-34-8-9-35-17(34)5-4-16(32-35)29-7-6-28-13(2)26/h4-5,8-9,12,19,23H,3,6-7,10-11H2,1-2H3,(H6-,26,27,28,29,30,31,32,37,39,40)/b33-18-/t19-,23-/m1/s1. The second-order valence-corrected chi connectivity index (χ2v) is 11.4. The number of fused-ring (bicyclic) bond motifs is 2. The lowest BCUT2D eigenvalue weighted by atomic mass is 10.0. The zero-order valence-electron chi connectivity index (χ0n) is 23.2. The SMILES string of the molecule is CCO/N=C(\C(=O)N[C@@H]1C(=O)N2C(C(=O)[O-])=C(C[n+]3ccn4nc(NCCN=C(C)N)ccc43)CS[C@H]12)c1csc(N)n1. The minimum atomic E-state index is -1.47. The number of aliphatic imine (C=N–C) groups is 1. The number of aromatic nitrogens is 4. The highest BCUT2D eigenvalue weighted by Crippen LogP contribution is 2.40. The van der Waals surface area contributed by atoms with Crippen molar-refractivity contribution in [3.63, 3.8) is 0 Å². The number of carbonyl (C=O) groups excluding carboxylic acids is 3. The van der Waals surface area contributed by atoms with Crippen molar-refractivity contribution in [2.45, 2.75) is 31.8 Å². The van der Waals surface area contributed by atoms with Crippen molar-refractivity contribution in [2.75, 3.05) is 36.5 Å². The van der Waals surface area contributed by atoms with Gasteiger partial charge in [-0.25, -0.2) is 9.55 Å². The number of thioether (sulfide) groups is 1. The molecule has 2 atom stereocenters. The lowest BCUT2D eigenvalue weighted by Gasteiger charge is -2.50. The van der Waals surface area contributed by atoms with Crippen LogP contribution in [-0.2, 0) is 25.8 Å². The van der Waals surface area contributed by atoms with Crippen molar-refractivity contribution in [1.29, 1.82) is 0 Å². The topological polar surface area (TPSA) is 222 Å². The Morgan fingerprint density at radius 2 is 2.16 bits per heavy atom. The first-order chi connectivity index (χ1) is 20.7. The van der Waals surface area contributed by atoms with E-state index < -0.39 is 29.2 Å². The molecule has 0 radical (unpaired) electrons. The van der Waals surface area contributed by atoms with E-state index in [4.69, 9.17) is 16.3 Å². The van der Waals surface area contributed by atoms with Crippen LogP contribution in [-0.4, -0.2) is 85.7 Å². The molecule has 3 aromatic rings. The van der Waals surface area contributed by atoms with E-state index in [9.17, 15) is 19.5 Å². The van der Waals surface area contributed by atoms with E-state index in [1.807, 2.05) is 10.6 Å². The van der Waals surface area contributed by atoms with Gasteiger partial charge in [0.2, 0.25) is 0 Å². The number of β-lactam (4-membered cyclic amide) rings is 1. The highest BCUT2D eigenvalue weighted by molar-refractivity contribution is 8.00. The lowest BCUT2D eigenvalue weighted by Crippen LogP contribution is -2.71. The quantitative estimate of drug-likeness (QED) is 0.0442. The first-order valence-electron chi connectivity index (χ1n) is 13.2. The van der Waals surface area contributed by atoms with Crippen LogP contribution < -0.4 is 31.8 Å². The molecular formula is C25H29N11O5S2. The van der Waals surface area contributed by atoms with E-state index >= 15 is 0 Å². The zero-order valence-corrected chi connectivity index (χ0v) is 24.9. The Balaban J connectivity index is 1.30. The molecule has 226 valence electrons. The number of imidazole rings is 1. The number of carboxylic acids is 1. The highest BCUT2D eigenvalue weighted by atomic mass is 32.2. The van der Waals surface area contributed by atoms with Crippen molar-refractivity contribution >= 4 is 69.0 Å². The maximum Gasteiger partial charge on any atom is 0.307 e. The summed E-state index contributed by atoms with van der Waals surface area (Å²) in [5.74, 6) is -1.30. The van der Waals surface area contributed by atoms with Gasteiger partial charge in [0.05, 0.1) is 24.0 Å². The van der Waals surface area contributed by atoms with Crippen LogP contribution in [0.25, 0.3) is 5.65 Å². The number of aliphatic carboxylic acids is 1. The largest absolute Gasteiger partial charge is 0.543 e. The van der Waals surface area contributed by atoms with Crippen molar-refractivity contribution in [1.82, 2.24) is 24.8 Å². The van der Waals surface area contributed by atoms with Crippen LogP contribution in [0.2, 0.25) is 0 Å². The smallest absolute Gasteiger partial charge is 0.307 e. The number of oxime groups is 1. The summed E-state index contributed by atoms with van der Waals surface area (Å²) in [6, 6.07) is 2.68. The number of hydrogen-bond donors (Lipinski definition) is 4. The molecule has 0 spiro atoms. The molecule has 18 heteroatoms. The number of rotatable bonds is 12. The van der Waals surface area contributed by atoms with E-state index in [0.29, 0.717) is 41.7 Å². The molecule has 5 heterocycles. The van der Waals surface area contributed by atoms with E-state index in [-0.39, 0.29) is 35.4 Å². The van der Waals surface area contributed by atoms with Crippen LogP contribution in [0.3, 0.4) is 0 Å². The van der Waals surface area contributed by atoms with Crippen molar-refractivity contribution in [3.05, 3.63) is 46.9 Å². The van der Waals surface area contributed by atoms with Gasteiger partial charge in [-0.3, -0.25) is 19.5 Å². The summed E-state index contributed by atoms with van der Waals surface area (Å²) in [7, 11) is 0. The van der Waals surface area contributed by atoms with Crippen LogP contribution in [0, 0.1) is 0 Å². The molecule has 43 heavy (non-hydrogen) atoms. The number of nitrogen functional groups attached to an aromatic ring is 1. The second kappa shape index (κ2) is 12.7. The number of nitrogens with two attached hydrogens (primary N) is 2. The first-order valence-corrected chi connectivity index (χ1v) is 15.1. The summed E-state index contributed by atoms with van der Waals surface area (Å²) in [6.45, 7) is 4.89. The van der Waals surface area contributed by atoms with Crippen LogP contribution in [0.5, 0.6) is 0 Å². The fraction of sp³-hybridized carbons (Fsp3) is 0.360. The molecule has 0 saturated carbocycles. The molecule has 2 aliphatic heterocycles. The zero-order chi connectivity index (χ0) is 30.7. The van der Waals surface area contributed by atoms with Crippen molar-refractivity contribution < 1.29 is 28.9 Å². The molecule has 0 bridgehead atoms. The Hall–Kier alpha value is -4.71. The first kappa shape index (κ1) is 29.8. The van der Waals surface area contributed by atoms with Gasteiger partial charge in [0.15, 0.2) is 22.9 Å². The van der Waals surface area contributed by atoms with Gasteiger partial charge in [0, 0.05) is 29.3 Å². The van der Waals surface area contributed by atoms with Gasteiger partial charge in [-0.1, -0.05) is 14.8 Å². The molecule has 5 rings (SSSR count). The van der Waals surface area contributed by atoms with Gasteiger partial charge in [0.1, 0.15) is 36.5 Å². The molecule has 1 fully saturated rings. The highest BCUT2D eigenvalue weighted by Gasteiger charge is 2.53. The summed E-state index contributed by atoms with van der Waals surface area (Å²) in [4.78, 5) is 53.0. The van der Waals surface area contributed by atoms with E-state index in [2.05, 4.69) is 30.9 Å². The molecule has 2 aliphatic rings. The van der Waals surface area contributed by atoms with E-state index in [0.717, 1.165) is 16.2 Å². The molecule has 0 aliphatic carbocycles. The predicted molar refractivity (Wildman–Crippen MR) is 158 cm³/mol. The fourth-order valence-electron chi connectivity index (χ4n) is 4.57. The minimum absolute atomic E-state index is 0.138. The second-order valence-electron chi connectivity index (χ2n) is 9.43. The van der Waals surface area contributed by atoms with Crippen LogP contribution in [0.4, 0.5) is 10.9 Å². The third-order valence-electron chi connectivity index (χ3n) is 6.45. The Bertz CT molecular complexity index is 1660. The third-order valence-corrected chi connectivity index (χ3v) is 8.47. The number of anilines is 2. The number of amidine groups is 1. The van der Waals surface area contributed by atoms with Gasteiger partial charge >= 0.3 is 5.65 Å². The molecule has 0 aromatic carbocycles. The lowest BCUT2D eigenvalue weighted by molar-refractivity contribution is -0.662. The monoisotopic (exact) mass is 627 g/mol. The molecule has 3 aromatic heterocycles. The fourth-order valence-corrected chi connectivity index (χ4v) is 6.45. The molecule has 2 amide bonds. The van der Waals surface area contributed by atoms with E-state index in [1.54, 1.807) is 42.2 Å². The normalized spacial score (nSPS) is 18.8. The number of nitrogens with zero attached hydrogens (tertiary/aromatic N) is 7. The molecule has 0 unspecified atom stereocenters. The van der Waals surface area contributed by atoms with E-state index in [1.165, 1.54) is 11.8 Å². The predicted octanol–water partition coefficient (Wildman–Crippen LogP) is -1.71. The number of nitrogens with one attached hydrogen (secondary N) is 2. The summed E-state index contributed by atoms with van der Waals surface area (Å²) in [5, 5.41) is 27.6. The molecule has 1 saturated heterocycles. The summed E-state index contributed by atoms with van der Waals surface area (Å²) in [5.41, 5.74) is 12.3. The van der Waals surface area contributed by atoms with Gasteiger partial charge in [0.25, 0.3) is 11.8 Å². The minimum Gasteiger partial charge on any atom is -0.543 e. The van der Waals surface area contributed by atoms with Crippen molar-refractivity contribution in [3.8, 4) is 0 Å². The Morgan fingerprint density at radius 3 is 2.86 bits per heavy atom. The van der Waals surface area contributed by atoms with Gasteiger partial charge in [-0.05, 0) is 19.9 Å². The van der Waals surface area contributed by atoms with Crippen LogP contribution >= 0.6 is 23.1 Å². The molecular weight excluding hydrogens is 598 g/mol. The van der Waals surface area contributed by atoms with Crippen LogP contribution in [0.15, 0.2) is 51.3 Å². The average Bonchev–Trinajstić information content (AvgIpc) is 3.59. The van der Waals surface area contributed by atoms with Gasteiger partial charge in [-0.2, -0.15) is 0 Å². The van der Waals surface area contributed by atoms with Crippen LogP contribution in [0.1, 0.15) is 19.5 Å². The van der Waals surface area contributed by atoms with Crippen molar-refractivity contribution in [2.24, 2.45) is 15.9 Å². The molecule has 16 nitrogen and oxygen atoms in total. The Kier molecular flexibility index (Phi) is 8.76. The number of hydrogen-bond acceptors (Lipinski definition) is 13. The number of carboxylic acid groups (broad SMARTS) is 1. The summed E-state index contributed by atoms with van der Waals surface area (Å²) in [6.07, 6.45) is 3.52. The van der Waals surface area contributed by atoms with Gasteiger partial charge in [-0.15, -0.1) is 23.1 Å². The maximum absolute atomic E-state index is 13.2. The average molecular weight is 628 g/mol. The summed E-state index contributed by atoms with van der Waals surface area (Å²) < 4.78 is 3.49. The van der Waals surface area contributed by atoms with Gasteiger partial charge < -0.3 is 36.8 Å².